The molecule has 0 aliphatic carbocycles. The van der Waals surface area contributed by atoms with Crippen molar-refractivity contribution >= 4 is 77.4 Å². The van der Waals surface area contributed by atoms with Gasteiger partial charge in [-0.3, -0.25) is 0 Å². The van der Waals surface area contributed by atoms with Gasteiger partial charge in [-0.2, -0.15) is 0 Å². The van der Waals surface area contributed by atoms with Crippen LogP contribution in [-0.4, -0.2) is 17.9 Å². The van der Waals surface area contributed by atoms with Gasteiger partial charge in [0.2, 0.25) is 0 Å². The molecular formula is C58H59NP2. The van der Waals surface area contributed by atoms with Crippen molar-refractivity contribution in [3.05, 3.63) is 218 Å². The van der Waals surface area contributed by atoms with E-state index in [1.165, 1.54) is 83.5 Å². The second-order valence-electron chi connectivity index (χ2n) is 17.6. The summed E-state index contributed by atoms with van der Waals surface area (Å²) in [5.74, 6) is 0.564. The van der Waals surface area contributed by atoms with Crippen molar-refractivity contribution in [3.63, 3.8) is 0 Å². The molecule has 1 aromatic heterocycles. The molecule has 306 valence electrons. The maximum absolute atomic E-state index is 3.29. The first-order chi connectivity index (χ1) is 29.8. The molecule has 1 unspecified atom stereocenters. The van der Waals surface area contributed by atoms with Crippen molar-refractivity contribution in [1.29, 1.82) is 0 Å². The molecule has 0 saturated carbocycles. The van der Waals surface area contributed by atoms with Gasteiger partial charge in [-0.1, -0.05) is 0 Å². The zero-order valence-electron chi connectivity index (χ0n) is 36.2. The van der Waals surface area contributed by atoms with Gasteiger partial charge in [-0.25, -0.2) is 0 Å². The normalized spacial score (nSPS) is 13.9. The van der Waals surface area contributed by atoms with E-state index in [0.29, 0.717) is 5.92 Å². The van der Waals surface area contributed by atoms with E-state index in [9.17, 15) is 0 Å². The van der Waals surface area contributed by atoms with Crippen molar-refractivity contribution in [2.45, 2.75) is 46.1 Å². The number of hydrogen-bond acceptors (Lipinski definition) is 0. The van der Waals surface area contributed by atoms with E-state index in [2.05, 4.69) is 250 Å². The van der Waals surface area contributed by atoms with Gasteiger partial charge in [0.1, 0.15) is 0 Å². The molecule has 0 N–H and O–H groups in total. The molecule has 0 radical (unpaired) electrons. The summed E-state index contributed by atoms with van der Waals surface area (Å²) in [7, 11) is 0. The average molecular weight is 832 g/mol. The third-order valence-corrected chi connectivity index (χ3v) is 27.2. The summed E-state index contributed by atoms with van der Waals surface area (Å²) >= 11 is 0. The first-order valence-corrected chi connectivity index (χ1v) is 27.6. The molecule has 3 heteroatoms. The molecule has 0 fully saturated rings. The van der Waals surface area contributed by atoms with Gasteiger partial charge in [0.05, 0.1) is 0 Å². The topological polar surface area (TPSA) is 4.93 Å². The summed E-state index contributed by atoms with van der Waals surface area (Å²) < 4.78 is 2.74. The number of fused-ring (bicyclic) bond motifs is 3. The van der Waals surface area contributed by atoms with Crippen LogP contribution < -0.4 is 42.4 Å². The third kappa shape index (κ3) is 6.27. The number of nitrogens with zero attached hydrogens (tertiary/aromatic N) is 1. The van der Waals surface area contributed by atoms with Gasteiger partial charge < -0.3 is 0 Å². The predicted octanol–water partition coefficient (Wildman–Crippen LogP) is 11.6. The maximum atomic E-state index is 2.74. The fourth-order valence-electron chi connectivity index (χ4n) is 10.7. The number of rotatable bonds is 14. The first kappa shape index (κ1) is 40.8. The van der Waals surface area contributed by atoms with E-state index in [4.69, 9.17) is 0 Å². The van der Waals surface area contributed by atoms with E-state index in [1.54, 1.807) is 0 Å². The summed E-state index contributed by atoms with van der Waals surface area (Å²) in [6.45, 7) is 4.30. The first-order valence-electron chi connectivity index (χ1n) is 22.3. The monoisotopic (exact) mass is 831 g/mol. The molecule has 0 bridgehead atoms. The molecular weight excluding hydrogens is 773 g/mol. The zero-order chi connectivity index (χ0) is 42.0. The van der Waals surface area contributed by atoms with Crippen LogP contribution >= 0.6 is 13.2 Å². The summed E-state index contributed by atoms with van der Waals surface area (Å²) in [5.41, 5.74) is 2.66. The van der Waals surface area contributed by atoms with E-state index in [0.717, 1.165) is 13.0 Å². The van der Waals surface area contributed by atoms with Crippen LogP contribution in [0.2, 0.25) is 0 Å². The number of hydrogen-bond donors (Lipinski definition) is 0. The summed E-state index contributed by atoms with van der Waals surface area (Å²) in [6.07, 6.45) is 4.83. The van der Waals surface area contributed by atoms with Gasteiger partial charge >= 0.3 is 366 Å². The molecule has 1 heterocycles. The molecule has 61 heavy (non-hydrogen) atoms. The Morgan fingerprint density at radius 1 is 0.377 bits per heavy atom. The molecule has 1 nitrogen and oxygen atoms in total. The van der Waals surface area contributed by atoms with Crippen LogP contribution in [0.4, 0.5) is 0 Å². The molecule has 0 spiro atoms. The summed E-state index contributed by atoms with van der Waals surface area (Å²) in [5, 5.41) is 13.7. The standard InChI is InChI=1S/C58H59NP2/c1-5-7-26-46(6-2)45-59-57-43-53(60(3,47-27-14-8-15-28-47,48-29-16-9-17-30-48)49-31-18-10-19-32-49)39-41-55(57)56-42-40-54(44-58(56)59)61(4,50-33-20-11-21-34-50,51-35-22-12-23-36-51)52-37-24-13-25-38-52/h8-25,27-44,46H,5-7,26,45H2,1-4H3. The molecule has 0 amide bonds. The van der Waals surface area contributed by atoms with Crippen molar-refractivity contribution in [3.8, 4) is 0 Å². The van der Waals surface area contributed by atoms with Gasteiger partial charge in [0.15, 0.2) is 0 Å². The predicted molar refractivity (Wildman–Crippen MR) is 274 cm³/mol. The Balaban J connectivity index is 1.41. The van der Waals surface area contributed by atoms with E-state index in [-0.39, 0.29) is 0 Å². The average Bonchev–Trinajstić information content (AvgIpc) is 3.65. The summed E-state index contributed by atoms with van der Waals surface area (Å²) in [4.78, 5) is 0. The quantitative estimate of drug-likeness (QED) is 0.0962. The van der Waals surface area contributed by atoms with Crippen LogP contribution in [0.5, 0.6) is 0 Å². The fraction of sp³-hybridized carbons (Fsp3) is 0.172. The Morgan fingerprint density at radius 2 is 0.672 bits per heavy atom. The molecule has 9 aromatic rings. The Labute approximate surface area is 364 Å². The molecule has 0 aliphatic heterocycles. The van der Waals surface area contributed by atoms with Crippen LogP contribution in [-0.2, 0) is 6.54 Å². The van der Waals surface area contributed by atoms with Crippen molar-refractivity contribution in [2.24, 2.45) is 5.92 Å². The SMILES string of the molecule is CCCCC(CC)Cn1c2cc(P(C)(c3ccccc3)(c3ccccc3)c3ccccc3)ccc2c2ccc(P(C)(c3ccccc3)(c3ccccc3)c3ccccc3)cc21. The molecule has 0 aliphatic rings. The van der Waals surface area contributed by atoms with Crippen LogP contribution in [0.25, 0.3) is 21.8 Å². The van der Waals surface area contributed by atoms with Gasteiger partial charge in [-0.15, -0.1) is 0 Å². The second-order valence-corrected chi connectivity index (χ2v) is 28.0. The minimum absolute atomic E-state index is 0.564. The van der Waals surface area contributed by atoms with Crippen LogP contribution in [0.1, 0.15) is 39.5 Å². The number of aromatic nitrogens is 1. The van der Waals surface area contributed by atoms with E-state index >= 15 is 0 Å². The van der Waals surface area contributed by atoms with Gasteiger partial charge in [0, 0.05) is 0 Å². The van der Waals surface area contributed by atoms with Crippen LogP contribution in [0.3, 0.4) is 0 Å². The second kappa shape index (κ2) is 16.4. The van der Waals surface area contributed by atoms with E-state index < -0.39 is 13.2 Å². The molecule has 1 atom stereocenters. The molecule has 0 saturated heterocycles. The summed E-state index contributed by atoms with van der Waals surface area (Å²) in [6, 6.07) is 83.3. The van der Waals surface area contributed by atoms with Crippen molar-refractivity contribution in [2.75, 3.05) is 13.3 Å². The Hall–Kier alpha value is -5.58. The Kier molecular flexibility index (Phi) is 10.9. The van der Waals surface area contributed by atoms with E-state index in [1.807, 2.05) is 0 Å². The molecule has 8 aromatic carbocycles. The van der Waals surface area contributed by atoms with Gasteiger partial charge in [0.25, 0.3) is 0 Å². The molecule has 9 rings (SSSR count). The Bertz CT molecular complexity index is 2500. The van der Waals surface area contributed by atoms with Gasteiger partial charge in [-0.05, 0) is 0 Å². The fourth-order valence-corrected chi connectivity index (χ4v) is 21.6. The Morgan fingerprint density at radius 3 is 0.934 bits per heavy atom. The van der Waals surface area contributed by atoms with Crippen molar-refractivity contribution < 1.29 is 0 Å². The van der Waals surface area contributed by atoms with Crippen LogP contribution in [0, 0.1) is 5.92 Å². The zero-order valence-corrected chi connectivity index (χ0v) is 38.0. The third-order valence-electron chi connectivity index (χ3n) is 14.5. The van der Waals surface area contributed by atoms with Crippen LogP contribution in [0.15, 0.2) is 218 Å². The number of benzene rings is 8. The minimum atomic E-state index is -3.29. The number of unbranched alkanes of at least 4 members (excludes halogenated alkanes) is 1. The van der Waals surface area contributed by atoms with Crippen molar-refractivity contribution in [1.82, 2.24) is 4.57 Å².